The van der Waals surface area contributed by atoms with Crippen molar-refractivity contribution in [1.29, 1.82) is 0 Å². The molecular formula is C10H16N6O. The first-order valence-corrected chi connectivity index (χ1v) is 5.33. The van der Waals surface area contributed by atoms with Crippen LogP contribution in [0.4, 0.5) is 5.82 Å². The molecule has 3 N–H and O–H groups in total. The molecule has 0 spiro atoms. The van der Waals surface area contributed by atoms with Crippen LogP contribution in [0, 0.1) is 0 Å². The fraction of sp³-hybridized carbons (Fsp3) is 0.400. The summed E-state index contributed by atoms with van der Waals surface area (Å²) >= 11 is 0. The lowest BCUT2D eigenvalue weighted by Crippen LogP contribution is -2.19. The van der Waals surface area contributed by atoms with Gasteiger partial charge < -0.3 is 15.8 Å². The van der Waals surface area contributed by atoms with Crippen molar-refractivity contribution >= 4 is 5.82 Å². The normalized spacial score (nSPS) is 10.7. The summed E-state index contributed by atoms with van der Waals surface area (Å²) in [5.74, 6) is 1.09. The molecule has 0 fully saturated rings. The fourth-order valence-corrected chi connectivity index (χ4v) is 1.36. The highest BCUT2D eigenvalue weighted by Gasteiger charge is 2.07. The molecule has 7 heteroatoms. The minimum absolute atomic E-state index is 0.295. The van der Waals surface area contributed by atoms with E-state index in [4.69, 9.17) is 10.5 Å². The molecule has 0 saturated carbocycles. The van der Waals surface area contributed by atoms with Gasteiger partial charge in [-0.2, -0.15) is 9.97 Å². The van der Waals surface area contributed by atoms with Crippen LogP contribution in [0.3, 0.4) is 0 Å². The summed E-state index contributed by atoms with van der Waals surface area (Å²) in [6, 6.07) is 1.99. The number of nitrogens with zero attached hydrogens (tertiary/aromatic N) is 4. The van der Waals surface area contributed by atoms with Crippen molar-refractivity contribution in [2.75, 3.05) is 25.9 Å². The third-order valence-corrected chi connectivity index (χ3v) is 2.29. The van der Waals surface area contributed by atoms with Gasteiger partial charge in [0.2, 0.25) is 0 Å². The average molecular weight is 236 g/mol. The van der Waals surface area contributed by atoms with Crippen LogP contribution in [0.5, 0.6) is 6.01 Å². The Hall–Kier alpha value is -2.02. The van der Waals surface area contributed by atoms with Crippen molar-refractivity contribution in [3.05, 3.63) is 18.5 Å². The minimum atomic E-state index is 0.295. The maximum absolute atomic E-state index is 5.71. The molecule has 92 valence electrons. The van der Waals surface area contributed by atoms with E-state index in [0.717, 1.165) is 6.54 Å². The minimum Gasteiger partial charge on any atom is -0.462 e. The summed E-state index contributed by atoms with van der Waals surface area (Å²) < 4.78 is 9.13. The Balaban J connectivity index is 2.16. The van der Waals surface area contributed by atoms with Crippen LogP contribution in [0.1, 0.15) is 0 Å². The summed E-state index contributed by atoms with van der Waals surface area (Å²) in [6.07, 6.45) is 3.80. The van der Waals surface area contributed by atoms with Gasteiger partial charge >= 0.3 is 6.01 Å². The molecule has 2 aromatic rings. The number of hydrogen-bond acceptors (Lipinski definition) is 5. The fourth-order valence-electron chi connectivity index (χ4n) is 1.36. The molecule has 2 aromatic heterocycles. The first kappa shape index (κ1) is 11.5. The molecule has 7 nitrogen and oxygen atoms in total. The van der Waals surface area contributed by atoms with Gasteiger partial charge in [-0.1, -0.05) is 0 Å². The van der Waals surface area contributed by atoms with Gasteiger partial charge in [-0.05, 0) is 7.05 Å². The zero-order chi connectivity index (χ0) is 12.3. The number of rotatable bonds is 5. The van der Waals surface area contributed by atoms with Crippen LogP contribution >= 0.6 is 0 Å². The molecule has 0 aliphatic heterocycles. The van der Waals surface area contributed by atoms with E-state index in [1.807, 2.05) is 35.9 Å². The van der Waals surface area contributed by atoms with Crippen molar-refractivity contribution in [3.8, 4) is 11.8 Å². The molecule has 0 saturated heterocycles. The van der Waals surface area contributed by atoms with Crippen LogP contribution in [-0.4, -0.2) is 39.5 Å². The van der Waals surface area contributed by atoms with Crippen LogP contribution in [0.15, 0.2) is 18.5 Å². The van der Waals surface area contributed by atoms with E-state index in [2.05, 4.69) is 15.3 Å². The number of anilines is 1. The van der Waals surface area contributed by atoms with Crippen LogP contribution in [0.2, 0.25) is 0 Å². The molecule has 0 amide bonds. The molecule has 0 aliphatic carbocycles. The van der Waals surface area contributed by atoms with Crippen molar-refractivity contribution < 1.29 is 4.74 Å². The number of aromatic nitrogens is 4. The lowest BCUT2D eigenvalue weighted by molar-refractivity contribution is 0.293. The van der Waals surface area contributed by atoms with Gasteiger partial charge in [0, 0.05) is 32.1 Å². The molecule has 0 aliphatic rings. The Morgan fingerprint density at radius 2 is 2.24 bits per heavy atom. The molecule has 0 atom stereocenters. The molecule has 0 radical (unpaired) electrons. The van der Waals surface area contributed by atoms with Gasteiger partial charge in [-0.3, -0.25) is 4.68 Å². The predicted molar refractivity (Wildman–Crippen MR) is 64.2 cm³/mol. The molecule has 2 rings (SSSR count). The summed E-state index contributed by atoms with van der Waals surface area (Å²) in [6.45, 7) is 1.24. The predicted octanol–water partition coefficient (Wildman–Crippen LogP) is -0.214. The monoisotopic (exact) mass is 236 g/mol. The average Bonchev–Trinajstić information content (AvgIpc) is 2.27. The smallest absolute Gasteiger partial charge is 0.320 e. The second-order valence-electron chi connectivity index (χ2n) is 3.60. The van der Waals surface area contributed by atoms with E-state index in [-0.39, 0.29) is 0 Å². The number of hydrogen-bond donors (Lipinski definition) is 2. The SMILES string of the molecule is CNCCOc1nc(N)cc(-n2ccn2C)n1. The third-order valence-electron chi connectivity index (χ3n) is 2.29. The van der Waals surface area contributed by atoms with Crippen molar-refractivity contribution in [1.82, 2.24) is 24.6 Å². The highest BCUT2D eigenvalue weighted by atomic mass is 16.5. The Morgan fingerprint density at radius 1 is 1.41 bits per heavy atom. The van der Waals surface area contributed by atoms with Gasteiger partial charge in [-0.15, -0.1) is 0 Å². The van der Waals surface area contributed by atoms with Gasteiger partial charge in [0.15, 0.2) is 5.82 Å². The molecule has 0 aromatic carbocycles. The molecule has 0 unspecified atom stereocenters. The number of nitrogens with one attached hydrogen (secondary N) is 1. The first-order chi connectivity index (χ1) is 8.20. The maximum atomic E-state index is 5.71. The number of nitrogen functional groups attached to an aromatic ring is 1. The van der Waals surface area contributed by atoms with Gasteiger partial charge in [0.05, 0.1) is 0 Å². The number of likely N-dealkylation sites (N-methyl/N-ethyl adjacent to an activating group) is 1. The molecule has 2 heterocycles. The number of ether oxygens (including phenoxy) is 1. The third kappa shape index (κ3) is 2.56. The van der Waals surface area contributed by atoms with Gasteiger partial charge in [0.25, 0.3) is 0 Å². The topological polar surface area (TPSA) is 82.9 Å². The van der Waals surface area contributed by atoms with Crippen LogP contribution < -0.4 is 15.8 Å². The Bertz CT molecular complexity index is 489. The molecule has 17 heavy (non-hydrogen) atoms. The quantitative estimate of drug-likeness (QED) is 0.702. The Morgan fingerprint density at radius 3 is 2.82 bits per heavy atom. The number of aryl methyl sites for hydroxylation is 1. The second kappa shape index (κ2) is 4.88. The van der Waals surface area contributed by atoms with E-state index in [1.54, 1.807) is 6.07 Å². The van der Waals surface area contributed by atoms with Crippen molar-refractivity contribution in [2.45, 2.75) is 0 Å². The van der Waals surface area contributed by atoms with Crippen molar-refractivity contribution in [3.63, 3.8) is 0 Å². The lowest BCUT2D eigenvalue weighted by atomic mass is 10.5. The van der Waals surface area contributed by atoms with Crippen molar-refractivity contribution in [2.24, 2.45) is 7.05 Å². The lowest BCUT2D eigenvalue weighted by Gasteiger charge is -2.16. The summed E-state index contributed by atoms with van der Waals surface area (Å²) in [5.41, 5.74) is 5.71. The largest absolute Gasteiger partial charge is 0.462 e. The Kier molecular flexibility index (Phi) is 3.29. The van der Waals surface area contributed by atoms with E-state index in [0.29, 0.717) is 24.3 Å². The zero-order valence-electron chi connectivity index (χ0n) is 9.92. The second-order valence-corrected chi connectivity index (χ2v) is 3.60. The van der Waals surface area contributed by atoms with Crippen LogP contribution in [0.25, 0.3) is 5.82 Å². The van der Waals surface area contributed by atoms with E-state index in [9.17, 15) is 0 Å². The maximum Gasteiger partial charge on any atom is 0.320 e. The molecule has 0 bridgehead atoms. The van der Waals surface area contributed by atoms with E-state index < -0.39 is 0 Å². The first-order valence-electron chi connectivity index (χ1n) is 5.33. The van der Waals surface area contributed by atoms with E-state index in [1.165, 1.54) is 0 Å². The number of nitrogens with two attached hydrogens (primary N) is 1. The summed E-state index contributed by atoms with van der Waals surface area (Å²) in [7, 11) is 3.77. The standard InChI is InChI=1S/C10H16N6O/c1-12-3-6-17-10-13-8(11)7-9(14-10)16-5-4-15(16)2/h4-5,7,12H,3,6H2,1-2H3,(H2,11,13,14). The van der Waals surface area contributed by atoms with E-state index >= 15 is 0 Å². The Labute approximate surface area is 99.2 Å². The van der Waals surface area contributed by atoms with Crippen LogP contribution in [-0.2, 0) is 7.05 Å². The van der Waals surface area contributed by atoms with Gasteiger partial charge in [-0.25, -0.2) is 4.68 Å². The zero-order valence-corrected chi connectivity index (χ0v) is 9.92. The highest BCUT2D eigenvalue weighted by molar-refractivity contribution is 5.38. The molecular weight excluding hydrogens is 220 g/mol. The summed E-state index contributed by atoms with van der Waals surface area (Å²) in [5, 5.41) is 2.98. The van der Waals surface area contributed by atoms with Gasteiger partial charge in [0.1, 0.15) is 12.4 Å². The highest BCUT2D eigenvalue weighted by Crippen LogP contribution is 2.13. The summed E-state index contributed by atoms with van der Waals surface area (Å²) in [4.78, 5) is 8.29.